The molecule has 0 saturated carbocycles. The number of hydrogen-bond acceptors (Lipinski definition) is 11. The lowest BCUT2D eigenvalue weighted by atomic mass is 9.96. The van der Waals surface area contributed by atoms with Crippen LogP contribution in [0, 0.1) is 0 Å². The molecule has 2 saturated heterocycles. The standard InChI is InChI=1S/C14H21NO11/c1-3-15-5-10(6(17)4(2-16)24-13(5)23-3)25-14-9(20)7(18)8(19)11(26-14)12(21)22/h4-11,13-14,16-20H,2H2,1H3,(H,21,22)/t4-,5+,6+,7+,8+,9-,10-,11+,13-,14-/m1/s1. The highest BCUT2D eigenvalue weighted by Gasteiger charge is 2.54. The van der Waals surface area contributed by atoms with Crippen LogP contribution < -0.4 is 0 Å². The molecule has 3 rings (SSSR count). The number of fused-ring (bicyclic) bond motifs is 1. The number of aliphatic imine (C=N–C) groups is 1. The van der Waals surface area contributed by atoms with Gasteiger partial charge in [0.15, 0.2) is 18.3 Å². The third kappa shape index (κ3) is 3.30. The van der Waals surface area contributed by atoms with Crippen LogP contribution in [-0.4, -0.2) is 110 Å². The van der Waals surface area contributed by atoms with Crippen molar-refractivity contribution in [1.82, 2.24) is 0 Å². The molecule has 0 aliphatic carbocycles. The second-order valence-electron chi connectivity index (χ2n) is 6.31. The summed E-state index contributed by atoms with van der Waals surface area (Å²) in [6.07, 6.45) is -13.6. The van der Waals surface area contributed by atoms with Gasteiger partial charge in [-0.15, -0.1) is 0 Å². The molecule has 26 heavy (non-hydrogen) atoms. The third-order valence-corrected chi connectivity index (χ3v) is 4.54. The molecule has 2 fully saturated rings. The van der Waals surface area contributed by atoms with Crippen LogP contribution in [0.5, 0.6) is 0 Å². The Bertz CT molecular complexity index is 571. The van der Waals surface area contributed by atoms with Gasteiger partial charge in [0.05, 0.1) is 6.61 Å². The van der Waals surface area contributed by atoms with Crippen molar-refractivity contribution in [2.75, 3.05) is 6.61 Å². The number of ether oxygens (including phenoxy) is 4. The molecule has 0 aromatic carbocycles. The number of nitrogens with zero attached hydrogens (tertiary/aromatic N) is 1. The minimum absolute atomic E-state index is 0.253. The fourth-order valence-electron chi connectivity index (χ4n) is 3.17. The Kier molecular flexibility index (Phi) is 5.46. The van der Waals surface area contributed by atoms with Gasteiger partial charge in [-0.25, -0.2) is 9.79 Å². The van der Waals surface area contributed by atoms with Gasteiger partial charge in [0.2, 0.25) is 6.29 Å². The molecule has 6 N–H and O–H groups in total. The lowest BCUT2D eigenvalue weighted by molar-refractivity contribution is -0.331. The highest BCUT2D eigenvalue weighted by atomic mass is 16.7. The normalized spacial score (nSPS) is 48.5. The van der Waals surface area contributed by atoms with Crippen molar-refractivity contribution < 1.29 is 54.4 Å². The first-order valence-corrected chi connectivity index (χ1v) is 7.98. The second-order valence-corrected chi connectivity index (χ2v) is 6.31. The molecule has 3 aliphatic heterocycles. The second kappa shape index (κ2) is 7.32. The van der Waals surface area contributed by atoms with E-state index in [4.69, 9.17) is 24.1 Å². The van der Waals surface area contributed by atoms with Gasteiger partial charge in [-0.1, -0.05) is 0 Å². The molecule has 12 heteroatoms. The van der Waals surface area contributed by atoms with E-state index < -0.39 is 73.9 Å². The zero-order valence-corrected chi connectivity index (χ0v) is 13.7. The fourth-order valence-corrected chi connectivity index (χ4v) is 3.17. The Morgan fingerprint density at radius 3 is 2.42 bits per heavy atom. The highest BCUT2D eigenvalue weighted by Crippen LogP contribution is 2.33. The van der Waals surface area contributed by atoms with Crippen molar-refractivity contribution in [2.45, 2.75) is 68.3 Å². The predicted octanol–water partition coefficient (Wildman–Crippen LogP) is -3.84. The molecular weight excluding hydrogens is 358 g/mol. The molecule has 0 bridgehead atoms. The number of rotatable bonds is 4. The smallest absolute Gasteiger partial charge is 0.335 e. The zero-order valence-electron chi connectivity index (χ0n) is 13.7. The molecule has 0 amide bonds. The molecule has 0 aromatic rings. The van der Waals surface area contributed by atoms with E-state index in [1.807, 2.05) is 0 Å². The summed E-state index contributed by atoms with van der Waals surface area (Å²) < 4.78 is 21.3. The topological polar surface area (TPSA) is 188 Å². The Morgan fingerprint density at radius 1 is 1.12 bits per heavy atom. The summed E-state index contributed by atoms with van der Waals surface area (Å²) >= 11 is 0. The number of hydrogen-bond donors (Lipinski definition) is 6. The van der Waals surface area contributed by atoms with Crippen LogP contribution in [0.3, 0.4) is 0 Å². The van der Waals surface area contributed by atoms with E-state index in [0.717, 1.165) is 0 Å². The van der Waals surface area contributed by atoms with Crippen molar-refractivity contribution in [3.63, 3.8) is 0 Å². The summed E-state index contributed by atoms with van der Waals surface area (Å²) in [5.74, 6) is -1.31. The lowest BCUT2D eigenvalue weighted by Crippen LogP contribution is -2.64. The van der Waals surface area contributed by atoms with Crippen molar-refractivity contribution in [3.05, 3.63) is 0 Å². The van der Waals surface area contributed by atoms with Crippen LogP contribution >= 0.6 is 0 Å². The van der Waals surface area contributed by atoms with Gasteiger partial charge in [0.1, 0.15) is 42.7 Å². The molecule has 0 unspecified atom stereocenters. The quantitative estimate of drug-likeness (QED) is 0.281. The Morgan fingerprint density at radius 2 is 1.81 bits per heavy atom. The number of carboxylic acids is 1. The van der Waals surface area contributed by atoms with Crippen molar-refractivity contribution >= 4 is 11.9 Å². The Hall–Kier alpha value is -1.38. The SMILES string of the molecule is CC1=N[C@@H]2[C@H](O1)O[C@H](CO)[C@H](O)[C@@H]2O[C@@H]1O[C@H](C(=O)O)[C@@H](O)[C@H](O)[C@H]1O. The van der Waals surface area contributed by atoms with E-state index in [1.54, 1.807) is 6.92 Å². The maximum atomic E-state index is 11.2. The summed E-state index contributed by atoms with van der Waals surface area (Å²) in [6, 6.07) is -0.865. The van der Waals surface area contributed by atoms with E-state index in [9.17, 15) is 30.3 Å². The van der Waals surface area contributed by atoms with Crippen LogP contribution in [-0.2, 0) is 23.7 Å². The molecule has 3 heterocycles. The van der Waals surface area contributed by atoms with Gasteiger partial charge in [-0.2, -0.15) is 0 Å². The highest BCUT2D eigenvalue weighted by molar-refractivity contribution is 5.75. The van der Waals surface area contributed by atoms with Crippen LogP contribution in [0.25, 0.3) is 0 Å². The fraction of sp³-hybridized carbons (Fsp3) is 0.857. The summed E-state index contributed by atoms with van der Waals surface area (Å²) in [5, 5.41) is 58.4. The van der Waals surface area contributed by atoms with E-state index in [2.05, 4.69) is 4.99 Å². The van der Waals surface area contributed by atoms with E-state index >= 15 is 0 Å². The molecule has 10 atom stereocenters. The van der Waals surface area contributed by atoms with Crippen LogP contribution in [0.4, 0.5) is 0 Å². The molecule has 3 aliphatic rings. The molecular formula is C14H21NO11. The minimum Gasteiger partial charge on any atom is -0.479 e. The first kappa shape index (κ1) is 19.4. The van der Waals surface area contributed by atoms with Crippen molar-refractivity contribution in [1.29, 1.82) is 0 Å². The molecule has 12 nitrogen and oxygen atoms in total. The first-order chi connectivity index (χ1) is 12.2. The zero-order chi connectivity index (χ0) is 19.2. The van der Waals surface area contributed by atoms with Crippen LogP contribution in [0.1, 0.15) is 6.92 Å². The summed E-state index contributed by atoms with van der Waals surface area (Å²) in [4.78, 5) is 15.3. The van der Waals surface area contributed by atoms with Crippen LogP contribution in [0.2, 0.25) is 0 Å². The van der Waals surface area contributed by atoms with Gasteiger partial charge >= 0.3 is 5.97 Å². The number of carbonyl (C=O) groups is 1. The Balaban J connectivity index is 1.81. The summed E-state index contributed by atoms with van der Waals surface area (Å²) in [7, 11) is 0. The van der Waals surface area contributed by atoms with Gasteiger partial charge in [0.25, 0.3) is 0 Å². The van der Waals surface area contributed by atoms with Gasteiger partial charge in [-0.3, -0.25) is 0 Å². The number of aliphatic carboxylic acids is 1. The summed E-state index contributed by atoms with van der Waals surface area (Å²) in [6.45, 7) is 0.991. The number of aliphatic hydroxyl groups is 5. The van der Waals surface area contributed by atoms with E-state index in [-0.39, 0.29) is 5.90 Å². The van der Waals surface area contributed by atoms with Gasteiger partial charge < -0.3 is 49.6 Å². The number of carboxylic acid groups (broad SMARTS) is 1. The monoisotopic (exact) mass is 379 g/mol. The van der Waals surface area contributed by atoms with E-state index in [0.29, 0.717) is 0 Å². The Labute approximate surface area is 147 Å². The average Bonchev–Trinajstić information content (AvgIpc) is 2.96. The third-order valence-electron chi connectivity index (χ3n) is 4.54. The summed E-state index contributed by atoms with van der Waals surface area (Å²) in [5.41, 5.74) is 0. The molecule has 0 aromatic heterocycles. The van der Waals surface area contributed by atoms with Gasteiger partial charge in [-0.05, 0) is 0 Å². The average molecular weight is 379 g/mol. The minimum atomic E-state index is -1.87. The van der Waals surface area contributed by atoms with Crippen LogP contribution in [0.15, 0.2) is 4.99 Å². The molecule has 0 radical (unpaired) electrons. The maximum Gasteiger partial charge on any atom is 0.335 e. The van der Waals surface area contributed by atoms with E-state index in [1.165, 1.54) is 0 Å². The van der Waals surface area contributed by atoms with Crippen molar-refractivity contribution in [3.8, 4) is 0 Å². The van der Waals surface area contributed by atoms with Gasteiger partial charge in [0, 0.05) is 6.92 Å². The number of aliphatic hydroxyl groups excluding tert-OH is 5. The largest absolute Gasteiger partial charge is 0.479 e. The first-order valence-electron chi connectivity index (χ1n) is 7.98. The predicted molar refractivity (Wildman–Crippen MR) is 78.9 cm³/mol. The lowest BCUT2D eigenvalue weighted by Gasteiger charge is -2.44. The van der Waals surface area contributed by atoms with Crippen molar-refractivity contribution in [2.24, 2.45) is 4.99 Å². The molecule has 148 valence electrons. The molecule has 0 spiro atoms. The maximum absolute atomic E-state index is 11.2.